The summed E-state index contributed by atoms with van der Waals surface area (Å²) in [5, 5.41) is 10.5. The number of nitrogens with one attached hydrogen (secondary N) is 2. The van der Waals surface area contributed by atoms with Gasteiger partial charge in [0.05, 0.1) is 16.0 Å². The van der Waals surface area contributed by atoms with E-state index in [0.717, 1.165) is 48.5 Å². The molecule has 2 N–H and O–H groups in total. The van der Waals surface area contributed by atoms with Gasteiger partial charge in [-0.3, -0.25) is 24.6 Å². The topological polar surface area (TPSA) is 155 Å². The average Bonchev–Trinajstić information content (AvgIpc) is 3.44. The number of aromatic nitrogens is 2. The maximum absolute atomic E-state index is 14.1. The van der Waals surface area contributed by atoms with E-state index in [1.807, 2.05) is 20.0 Å². The van der Waals surface area contributed by atoms with Crippen LogP contribution in [0.15, 0.2) is 41.3 Å². The molecule has 17 heteroatoms. The minimum absolute atomic E-state index is 0.0923. The van der Waals surface area contributed by atoms with Crippen LogP contribution in [0.1, 0.15) is 83.3 Å². The van der Waals surface area contributed by atoms with Crippen LogP contribution in [0.25, 0.3) is 10.9 Å². The maximum Gasteiger partial charge on any atom is 0.407 e. The van der Waals surface area contributed by atoms with Crippen molar-refractivity contribution in [2.45, 2.75) is 94.7 Å². The van der Waals surface area contributed by atoms with E-state index in [0.29, 0.717) is 18.7 Å². The van der Waals surface area contributed by atoms with E-state index in [2.05, 4.69) is 32.8 Å². The zero-order valence-electron chi connectivity index (χ0n) is 31.3. The van der Waals surface area contributed by atoms with Gasteiger partial charge in [0.25, 0.3) is 6.43 Å². The van der Waals surface area contributed by atoms with Crippen LogP contribution in [-0.2, 0) is 26.6 Å². The van der Waals surface area contributed by atoms with Gasteiger partial charge in [-0.1, -0.05) is 6.07 Å². The summed E-state index contributed by atoms with van der Waals surface area (Å²) in [6.45, 7) is 9.42. The molecule has 3 aliphatic heterocycles. The number of nitrogens with zero attached hydrogens (tertiary/aromatic N) is 5. The fraction of sp³-hybridized carbons (Fsp3) is 0.568. The van der Waals surface area contributed by atoms with E-state index in [1.54, 1.807) is 25.5 Å². The van der Waals surface area contributed by atoms with Crippen LogP contribution in [0.5, 0.6) is 5.75 Å². The fourth-order valence-corrected chi connectivity index (χ4v) is 8.79. The van der Waals surface area contributed by atoms with Gasteiger partial charge < -0.3 is 14.8 Å². The van der Waals surface area contributed by atoms with Gasteiger partial charge in [-0.05, 0) is 102 Å². The summed E-state index contributed by atoms with van der Waals surface area (Å²) >= 11 is 0. The number of carbonyl (C=O) groups is 3. The number of alkyl carbamates (subject to hydrolysis) is 1. The summed E-state index contributed by atoms with van der Waals surface area (Å²) < 4.78 is 69.6. The molecular formula is C37H49F2N7O7S. The number of piperidine rings is 2. The second-order valence-corrected chi connectivity index (χ2v) is 17.2. The Kier molecular flexibility index (Phi) is 11.5. The number of sulfonamides is 1. The quantitative estimate of drug-likeness (QED) is 0.280. The number of rotatable bonds is 10. The van der Waals surface area contributed by atoms with Gasteiger partial charge in [0.15, 0.2) is 5.82 Å². The number of halogens is 2. The Hall–Kier alpha value is -4.35. The van der Waals surface area contributed by atoms with Gasteiger partial charge in [0.2, 0.25) is 15.9 Å². The van der Waals surface area contributed by atoms with Gasteiger partial charge in [0, 0.05) is 56.6 Å². The highest BCUT2D eigenvalue weighted by atomic mass is 32.2. The van der Waals surface area contributed by atoms with Crippen LogP contribution in [0, 0.1) is 0 Å². The number of alkyl halides is 2. The van der Waals surface area contributed by atoms with Gasteiger partial charge in [-0.25, -0.2) is 26.8 Å². The Morgan fingerprint density at radius 1 is 1.02 bits per heavy atom. The first-order valence-electron chi connectivity index (χ1n) is 18.4. The lowest BCUT2D eigenvalue weighted by Crippen LogP contribution is -2.49. The van der Waals surface area contributed by atoms with Crippen molar-refractivity contribution < 1.29 is 41.1 Å². The van der Waals surface area contributed by atoms with E-state index in [1.165, 1.54) is 21.3 Å². The van der Waals surface area contributed by atoms with Gasteiger partial charge in [0.1, 0.15) is 18.0 Å². The molecule has 3 aliphatic rings. The van der Waals surface area contributed by atoms with Gasteiger partial charge >= 0.3 is 12.1 Å². The fourth-order valence-electron chi connectivity index (χ4n) is 7.31. The van der Waals surface area contributed by atoms with E-state index >= 15 is 0 Å². The number of amides is 4. The summed E-state index contributed by atoms with van der Waals surface area (Å²) in [5.41, 5.74) is 1.01. The molecule has 1 unspecified atom stereocenters. The Morgan fingerprint density at radius 2 is 1.72 bits per heavy atom. The molecule has 4 amide bonds. The van der Waals surface area contributed by atoms with Crippen molar-refractivity contribution >= 4 is 44.8 Å². The second kappa shape index (κ2) is 15.8. The molecule has 3 aromatic rings. The predicted molar refractivity (Wildman–Crippen MR) is 197 cm³/mol. The van der Waals surface area contributed by atoms with Crippen LogP contribution in [-0.4, -0.2) is 102 Å². The molecule has 1 aromatic heterocycles. The molecule has 54 heavy (non-hydrogen) atoms. The number of anilines is 1. The lowest BCUT2D eigenvalue weighted by molar-refractivity contribution is -0.120. The first-order chi connectivity index (χ1) is 25.5. The number of ether oxygens (including phenoxy) is 2. The highest BCUT2D eigenvalue weighted by molar-refractivity contribution is 7.89. The summed E-state index contributed by atoms with van der Waals surface area (Å²) in [6.07, 6.45) is -0.721. The van der Waals surface area contributed by atoms with Crippen LogP contribution in [0.4, 0.5) is 24.2 Å². The largest absolute Gasteiger partial charge is 0.491 e. The number of aryl methyl sites for hydroxylation is 1. The van der Waals surface area contributed by atoms with Crippen molar-refractivity contribution in [3.8, 4) is 5.75 Å². The third-order valence-corrected chi connectivity index (χ3v) is 12.2. The average molecular weight is 774 g/mol. The van der Waals surface area contributed by atoms with Crippen LogP contribution in [0.2, 0.25) is 0 Å². The molecule has 2 aromatic carbocycles. The normalized spacial score (nSPS) is 19.3. The molecule has 0 spiro atoms. The maximum atomic E-state index is 14.1. The lowest BCUT2D eigenvalue weighted by atomic mass is 9.88. The van der Waals surface area contributed by atoms with Gasteiger partial charge in [-0.15, -0.1) is 0 Å². The number of urea groups is 1. The van der Waals surface area contributed by atoms with E-state index < -0.39 is 34.2 Å². The molecule has 14 nitrogen and oxygen atoms in total. The molecule has 4 heterocycles. The van der Waals surface area contributed by atoms with Crippen LogP contribution in [0.3, 0.4) is 0 Å². The number of carbonyl (C=O) groups excluding carboxylic acids is 3. The zero-order valence-corrected chi connectivity index (χ0v) is 32.1. The summed E-state index contributed by atoms with van der Waals surface area (Å²) in [7, 11) is -2.18. The first kappa shape index (κ1) is 39.3. The number of benzene rings is 2. The molecule has 294 valence electrons. The smallest absolute Gasteiger partial charge is 0.407 e. The van der Waals surface area contributed by atoms with Crippen molar-refractivity contribution in [2.24, 2.45) is 7.05 Å². The van der Waals surface area contributed by atoms with Crippen molar-refractivity contribution in [3.63, 3.8) is 0 Å². The van der Waals surface area contributed by atoms with Crippen molar-refractivity contribution in [3.05, 3.63) is 47.5 Å². The summed E-state index contributed by atoms with van der Waals surface area (Å²) in [4.78, 5) is 39.9. The van der Waals surface area contributed by atoms with Crippen LogP contribution < -0.4 is 20.3 Å². The molecule has 0 saturated carbocycles. The predicted octanol–water partition coefficient (Wildman–Crippen LogP) is 5.28. The standard InChI is InChI=1S/C37H49F2N7O7S/c1-23(44-15-10-24(11-16-44)25-6-8-28-30(20-25)43(5)42-34(28)46-19-14-32(47)41-35(46)48)22-52-31-21-27(7-9-29(31)33(38)39)54(50,51)45-17-12-26(13-18-45)40-36(49)53-37(2,3)4/h6-9,20-21,23-24,26,33H,10-19,22H2,1-5H3,(H,40,49)(H,41,47,48). The van der Waals surface area contributed by atoms with E-state index in [4.69, 9.17) is 9.47 Å². The zero-order chi connectivity index (χ0) is 38.9. The molecule has 0 radical (unpaired) electrons. The van der Waals surface area contributed by atoms with Crippen molar-refractivity contribution in [1.29, 1.82) is 0 Å². The molecule has 0 aliphatic carbocycles. The highest BCUT2D eigenvalue weighted by Crippen LogP contribution is 2.36. The third kappa shape index (κ3) is 8.78. The van der Waals surface area contributed by atoms with Gasteiger partial charge in [-0.2, -0.15) is 9.40 Å². The summed E-state index contributed by atoms with van der Waals surface area (Å²) in [6, 6.07) is 8.78. The Morgan fingerprint density at radius 3 is 2.37 bits per heavy atom. The molecule has 1 atom stereocenters. The Labute approximate surface area is 314 Å². The Balaban J connectivity index is 1.05. The number of likely N-dealkylation sites (tertiary alicyclic amines) is 1. The highest BCUT2D eigenvalue weighted by Gasteiger charge is 2.33. The Bertz CT molecular complexity index is 1990. The molecule has 3 saturated heterocycles. The molecule has 6 rings (SSSR count). The minimum atomic E-state index is -4.01. The molecule has 3 fully saturated rings. The van der Waals surface area contributed by atoms with E-state index in [-0.39, 0.29) is 72.8 Å². The van der Waals surface area contributed by atoms with Crippen molar-refractivity contribution in [1.82, 2.24) is 29.6 Å². The van der Waals surface area contributed by atoms with E-state index in [9.17, 15) is 31.6 Å². The lowest BCUT2D eigenvalue weighted by Gasteiger charge is -2.36. The third-order valence-electron chi connectivity index (χ3n) is 10.3. The van der Waals surface area contributed by atoms with Crippen molar-refractivity contribution in [2.75, 3.05) is 44.2 Å². The SMILES string of the molecule is CC(COc1cc(S(=O)(=O)N2CCC(NC(=O)OC(C)(C)C)CC2)ccc1C(F)F)N1CCC(c2ccc3c(N4CCC(=O)NC4=O)nn(C)c3c2)CC1. The summed E-state index contributed by atoms with van der Waals surface area (Å²) in [5.74, 6) is 0.328. The number of hydrogen-bond donors (Lipinski definition) is 2. The second-order valence-electron chi connectivity index (χ2n) is 15.3. The number of fused-ring (bicyclic) bond motifs is 1. The number of imide groups is 1. The molecule has 0 bridgehead atoms. The van der Waals surface area contributed by atoms with Crippen LogP contribution >= 0.6 is 0 Å². The first-order valence-corrected chi connectivity index (χ1v) is 19.8. The number of hydrogen-bond acceptors (Lipinski definition) is 9. The minimum Gasteiger partial charge on any atom is -0.491 e. The molecular weight excluding hydrogens is 725 g/mol. The monoisotopic (exact) mass is 773 g/mol.